The third-order valence-electron chi connectivity index (χ3n) is 7.94. The molecule has 6 heteroatoms. The van der Waals surface area contributed by atoms with Crippen LogP contribution >= 0.6 is 0 Å². The van der Waals surface area contributed by atoms with Crippen LogP contribution in [0.4, 0.5) is 0 Å². The molecule has 4 rings (SSSR count). The first-order valence-electron chi connectivity index (χ1n) is 11.6. The molecule has 4 aliphatic rings. The Bertz CT molecular complexity index is 603. The van der Waals surface area contributed by atoms with Crippen molar-refractivity contribution in [3.8, 4) is 0 Å². The second-order valence-corrected chi connectivity index (χ2v) is 9.23. The molecular formula is C24H36O6. The lowest BCUT2D eigenvalue weighted by atomic mass is 9.60. The Labute approximate surface area is 179 Å². The van der Waals surface area contributed by atoms with Crippen molar-refractivity contribution in [1.29, 1.82) is 0 Å². The van der Waals surface area contributed by atoms with Gasteiger partial charge in [-0.2, -0.15) is 0 Å². The Kier molecular flexibility index (Phi) is 6.12. The van der Waals surface area contributed by atoms with Gasteiger partial charge in [-0.1, -0.05) is 0 Å². The molecule has 0 bridgehead atoms. The van der Waals surface area contributed by atoms with Crippen molar-refractivity contribution in [2.75, 3.05) is 19.8 Å². The maximum absolute atomic E-state index is 10.4. The van der Waals surface area contributed by atoms with Gasteiger partial charge >= 0.3 is 0 Å². The quantitative estimate of drug-likeness (QED) is 0.492. The highest BCUT2D eigenvalue weighted by molar-refractivity contribution is 5.26. The summed E-state index contributed by atoms with van der Waals surface area (Å²) in [5.41, 5.74) is 3.09. The summed E-state index contributed by atoms with van der Waals surface area (Å²) in [6.07, 6.45) is 5.17. The van der Waals surface area contributed by atoms with Crippen molar-refractivity contribution < 1.29 is 29.5 Å². The fourth-order valence-electron chi connectivity index (χ4n) is 6.92. The van der Waals surface area contributed by atoms with E-state index in [9.17, 15) is 15.3 Å². The van der Waals surface area contributed by atoms with Crippen molar-refractivity contribution >= 4 is 0 Å². The number of aliphatic hydroxyl groups is 3. The molecule has 0 aromatic carbocycles. The second kappa shape index (κ2) is 8.64. The topological polar surface area (TPSA) is 88.4 Å². The summed E-state index contributed by atoms with van der Waals surface area (Å²) >= 11 is 0. The maximum atomic E-state index is 10.4. The van der Waals surface area contributed by atoms with Gasteiger partial charge in [0.25, 0.3) is 17.8 Å². The molecule has 4 aliphatic carbocycles. The average molecular weight is 421 g/mol. The number of hydrogen-bond acceptors (Lipinski definition) is 6. The summed E-state index contributed by atoms with van der Waals surface area (Å²) in [6.45, 7) is 7.06. The fraction of sp³-hybridized carbons (Fsp3) is 0.750. The molecule has 0 radical (unpaired) electrons. The number of hydrogen-bond donors (Lipinski definition) is 3. The Balaban J connectivity index is 1.67. The number of ether oxygens (including phenoxy) is 3. The summed E-state index contributed by atoms with van der Waals surface area (Å²) in [4.78, 5) is 0. The van der Waals surface area contributed by atoms with Gasteiger partial charge in [-0.3, -0.25) is 0 Å². The standard InChI is InChI=1S/C24H36O6/c1-4-28-22(25)13-7-16-17(8-13)19-10-15(24(27)30-6-3)12-21(19)20-11-14(9-18(16)20)23(26)29-5-2/h16-21,25-27H,4-12H2,1-3H3. The number of allylic oxidation sites excluding steroid dienone is 3. The van der Waals surface area contributed by atoms with Gasteiger partial charge in [0.05, 0.1) is 19.8 Å². The summed E-state index contributed by atoms with van der Waals surface area (Å²) in [7, 11) is 0. The van der Waals surface area contributed by atoms with Crippen LogP contribution in [0.25, 0.3) is 0 Å². The zero-order valence-electron chi connectivity index (χ0n) is 18.4. The first kappa shape index (κ1) is 21.3. The lowest BCUT2D eigenvalue weighted by Gasteiger charge is -2.44. The molecule has 4 fully saturated rings. The van der Waals surface area contributed by atoms with Gasteiger partial charge in [0.15, 0.2) is 0 Å². The molecule has 0 aromatic heterocycles. The smallest absolute Gasteiger partial charge is 0.275 e. The predicted octanol–water partition coefficient (Wildman–Crippen LogP) is 5.50. The molecule has 0 aliphatic heterocycles. The van der Waals surface area contributed by atoms with Gasteiger partial charge in [0, 0.05) is 16.7 Å². The van der Waals surface area contributed by atoms with E-state index in [1.807, 2.05) is 20.8 Å². The Morgan fingerprint density at radius 3 is 0.900 bits per heavy atom. The maximum Gasteiger partial charge on any atom is 0.275 e. The molecule has 0 unspecified atom stereocenters. The van der Waals surface area contributed by atoms with E-state index < -0.39 is 0 Å². The molecule has 30 heavy (non-hydrogen) atoms. The van der Waals surface area contributed by atoms with E-state index in [-0.39, 0.29) is 17.8 Å². The van der Waals surface area contributed by atoms with Crippen LogP contribution in [0.2, 0.25) is 0 Å². The molecule has 0 aromatic rings. The van der Waals surface area contributed by atoms with Gasteiger partial charge in [0.2, 0.25) is 0 Å². The van der Waals surface area contributed by atoms with E-state index in [4.69, 9.17) is 14.2 Å². The summed E-state index contributed by atoms with van der Waals surface area (Å²) in [5, 5.41) is 31.2. The zero-order chi connectivity index (χ0) is 21.4. The first-order valence-corrected chi connectivity index (χ1v) is 11.6. The van der Waals surface area contributed by atoms with Crippen LogP contribution in [0.1, 0.15) is 59.3 Å². The van der Waals surface area contributed by atoms with Crippen LogP contribution < -0.4 is 0 Å². The first-order chi connectivity index (χ1) is 14.5. The van der Waals surface area contributed by atoms with Crippen molar-refractivity contribution in [2.24, 2.45) is 35.5 Å². The van der Waals surface area contributed by atoms with Gasteiger partial charge in [-0.25, -0.2) is 0 Å². The minimum atomic E-state index is 0.108. The van der Waals surface area contributed by atoms with E-state index in [1.165, 1.54) is 0 Å². The van der Waals surface area contributed by atoms with Crippen LogP contribution in [-0.2, 0) is 14.2 Å². The van der Waals surface area contributed by atoms with Crippen LogP contribution in [0.5, 0.6) is 0 Å². The van der Waals surface area contributed by atoms with E-state index in [2.05, 4.69) is 0 Å². The highest BCUT2D eigenvalue weighted by atomic mass is 16.6. The fourth-order valence-corrected chi connectivity index (χ4v) is 6.92. The molecule has 0 saturated heterocycles. The molecule has 6 nitrogen and oxygen atoms in total. The van der Waals surface area contributed by atoms with Gasteiger partial charge in [-0.05, 0) is 94.8 Å². The SMILES string of the molecule is CCOC(O)=C1CC2C3CC(=C(O)OCC)CC3C3CC(=C(O)OCC)CC3C2C1. The molecule has 168 valence electrons. The van der Waals surface area contributed by atoms with Crippen LogP contribution in [0.15, 0.2) is 34.6 Å². The number of rotatable bonds is 6. The van der Waals surface area contributed by atoms with Gasteiger partial charge in [-0.15, -0.1) is 0 Å². The van der Waals surface area contributed by atoms with E-state index in [0.29, 0.717) is 55.3 Å². The average Bonchev–Trinajstić information content (AvgIpc) is 3.43. The molecule has 0 heterocycles. The predicted molar refractivity (Wildman–Crippen MR) is 112 cm³/mol. The highest BCUT2D eigenvalue weighted by Crippen LogP contribution is 2.65. The lowest BCUT2D eigenvalue weighted by Crippen LogP contribution is -2.39. The molecule has 0 atom stereocenters. The summed E-state index contributed by atoms with van der Waals surface area (Å²) in [5.74, 6) is 3.13. The molecule has 4 saturated carbocycles. The van der Waals surface area contributed by atoms with Crippen molar-refractivity contribution in [1.82, 2.24) is 0 Å². The molecular weight excluding hydrogens is 384 g/mol. The van der Waals surface area contributed by atoms with Gasteiger partial charge < -0.3 is 29.5 Å². The van der Waals surface area contributed by atoms with Crippen LogP contribution in [0, 0.1) is 35.5 Å². The van der Waals surface area contributed by atoms with E-state index in [1.54, 1.807) is 0 Å². The minimum absolute atomic E-state index is 0.108. The largest absolute Gasteiger partial charge is 0.481 e. The number of fused-ring (bicyclic) bond motifs is 6. The third kappa shape index (κ3) is 3.63. The lowest BCUT2D eigenvalue weighted by molar-refractivity contribution is 0.0302. The zero-order valence-corrected chi connectivity index (χ0v) is 18.4. The monoisotopic (exact) mass is 420 g/mol. The van der Waals surface area contributed by atoms with Crippen LogP contribution in [0.3, 0.4) is 0 Å². The van der Waals surface area contributed by atoms with E-state index >= 15 is 0 Å². The summed E-state index contributed by atoms with van der Waals surface area (Å²) < 4.78 is 16.3. The van der Waals surface area contributed by atoms with Crippen LogP contribution in [-0.4, -0.2) is 35.1 Å². The van der Waals surface area contributed by atoms with Crippen molar-refractivity contribution in [3.05, 3.63) is 34.6 Å². The highest BCUT2D eigenvalue weighted by Gasteiger charge is 2.58. The Hall–Kier alpha value is -1.98. The molecule has 0 amide bonds. The minimum Gasteiger partial charge on any atom is -0.481 e. The van der Waals surface area contributed by atoms with Gasteiger partial charge in [0.1, 0.15) is 0 Å². The normalized spacial score (nSPS) is 34.3. The van der Waals surface area contributed by atoms with Crippen molar-refractivity contribution in [2.45, 2.75) is 59.3 Å². The molecule has 0 spiro atoms. The summed E-state index contributed by atoms with van der Waals surface area (Å²) in [6, 6.07) is 0. The van der Waals surface area contributed by atoms with Crippen molar-refractivity contribution in [3.63, 3.8) is 0 Å². The third-order valence-corrected chi connectivity index (χ3v) is 7.94. The second-order valence-electron chi connectivity index (χ2n) is 9.23. The number of aliphatic hydroxyl groups excluding tert-OH is 3. The van der Waals surface area contributed by atoms with E-state index in [0.717, 1.165) is 55.2 Å². The Morgan fingerprint density at radius 1 is 0.533 bits per heavy atom. The molecule has 3 N–H and O–H groups in total. The Morgan fingerprint density at radius 2 is 0.733 bits per heavy atom.